The van der Waals surface area contributed by atoms with Crippen LogP contribution in [0.3, 0.4) is 0 Å². The molecule has 1 aromatic carbocycles. The van der Waals surface area contributed by atoms with Crippen LogP contribution in [0.5, 0.6) is 0 Å². The molecular weight excluding hydrogens is 282 g/mol. The summed E-state index contributed by atoms with van der Waals surface area (Å²) in [6.45, 7) is 6.67. The second-order valence-corrected chi connectivity index (χ2v) is 6.25. The van der Waals surface area contributed by atoms with E-state index in [9.17, 15) is 4.79 Å². The molecule has 0 radical (unpaired) electrons. The lowest BCUT2D eigenvalue weighted by Crippen LogP contribution is -2.49. The zero-order chi connectivity index (χ0) is 16.9. The molecule has 0 heterocycles. The van der Waals surface area contributed by atoms with Gasteiger partial charge in [0.2, 0.25) is 0 Å². The lowest BCUT2D eigenvalue weighted by Gasteiger charge is -2.38. The molecule has 0 fully saturated rings. The molecule has 0 saturated carbocycles. The van der Waals surface area contributed by atoms with E-state index in [1.807, 2.05) is 36.4 Å². The van der Waals surface area contributed by atoms with Gasteiger partial charge in [-0.05, 0) is 38.5 Å². The Labute approximate surface area is 133 Å². The standard InChI is InChI=1S/C16H27N3O3/c1-16(2,3)19(17(4)5)22-12-13-8-10-14(11-9-13)15(20)18(6)21-7/h8-11H,12H2,1-7H3. The fourth-order valence-electron chi connectivity index (χ4n) is 2.05. The first-order valence-corrected chi connectivity index (χ1v) is 7.18. The molecule has 1 rings (SSSR count). The second-order valence-electron chi connectivity index (χ2n) is 6.25. The zero-order valence-electron chi connectivity index (χ0n) is 14.6. The number of carbonyl (C=O) groups excluding carboxylic acids is 1. The van der Waals surface area contributed by atoms with Gasteiger partial charge in [0.1, 0.15) is 0 Å². The number of hydrogen-bond acceptors (Lipinski definition) is 5. The average Bonchev–Trinajstić information content (AvgIpc) is 2.44. The SMILES string of the molecule is CON(C)C(=O)c1ccc(CON(N(C)C)C(C)(C)C)cc1. The van der Waals surface area contributed by atoms with E-state index in [4.69, 9.17) is 9.68 Å². The van der Waals surface area contributed by atoms with Gasteiger partial charge in [-0.1, -0.05) is 12.1 Å². The number of benzene rings is 1. The lowest BCUT2D eigenvalue weighted by atomic mass is 10.1. The van der Waals surface area contributed by atoms with Crippen molar-refractivity contribution in [2.24, 2.45) is 0 Å². The molecule has 0 aromatic heterocycles. The van der Waals surface area contributed by atoms with Crippen molar-refractivity contribution < 1.29 is 14.5 Å². The summed E-state index contributed by atoms with van der Waals surface area (Å²) in [6, 6.07) is 7.31. The normalized spacial score (nSPS) is 12.0. The number of rotatable bonds is 6. The Morgan fingerprint density at radius 3 is 2.05 bits per heavy atom. The van der Waals surface area contributed by atoms with Gasteiger partial charge in [0.25, 0.3) is 5.91 Å². The van der Waals surface area contributed by atoms with E-state index in [0.29, 0.717) is 12.2 Å². The minimum Gasteiger partial charge on any atom is -0.279 e. The average molecular weight is 309 g/mol. The maximum atomic E-state index is 11.9. The van der Waals surface area contributed by atoms with Crippen molar-refractivity contribution in [2.75, 3.05) is 28.3 Å². The summed E-state index contributed by atoms with van der Waals surface area (Å²) < 4.78 is 0. The summed E-state index contributed by atoms with van der Waals surface area (Å²) in [7, 11) is 6.92. The van der Waals surface area contributed by atoms with Crippen LogP contribution in [-0.2, 0) is 16.3 Å². The molecule has 0 aliphatic rings. The molecule has 0 unspecified atom stereocenters. The zero-order valence-corrected chi connectivity index (χ0v) is 14.6. The van der Waals surface area contributed by atoms with Crippen LogP contribution in [0.4, 0.5) is 0 Å². The molecule has 1 aromatic rings. The first-order valence-electron chi connectivity index (χ1n) is 7.18. The molecule has 22 heavy (non-hydrogen) atoms. The predicted molar refractivity (Wildman–Crippen MR) is 85.6 cm³/mol. The highest BCUT2D eigenvalue weighted by molar-refractivity contribution is 5.93. The van der Waals surface area contributed by atoms with Crippen LogP contribution in [0.1, 0.15) is 36.7 Å². The van der Waals surface area contributed by atoms with Crippen molar-refractivity contribution in [2.45, 2.75) is 32.9 Å². The van der Waals surface area contributed by atoms with Gasteiger partial charge in [0.05, 0.1) is 19.3 Å². The highest BCUT2D eigenvalue weighted by Gasteiger charge is 2.24. The molecule has 0 N–H and O–H groups in total. The smallest absolute Gasteiger partial charge is 0.277 e. The van der Waals surface area contributed by atoms with Crippen molar-refractivity contribution in [3.05, 3.63) is 35.4 Å². The van der Waals surface area contributed by atoms with Crippen LogP contribution >= 0.6 is 0 Å². The summed E-state index contributed by atoms with van der Waals surface area (Å²) >= 11 is 0. The Morgan fingerprint density at radius 1 is 1.09 bits per heavy atom. The van der Waals surface area contributed by atoms with Crippen LogP contribution < -0.4 is 0 Å². The summed E-state index contributed by atoms with van der Waals surface area (Å²) in [5.41, 5.74) is 1.43. The Kier molecular flexibility index (Phi) is 6.49. The van der Waals surface area contributed by atoms with E-state index in [1.165, 1.54) is 12.2 Å². The van der Waals surface area contributed by atoms with E-state index in [-0.39, 0.29) is 11.4 Å². The Morgan fingerprint density at radius 2 is 1.64 bits per heavy atom. The van der Waals surface area contributed by atoms with Gasteiger partial charge in [-0.15, -0.1) is 5.17 Å². The van der Waals surface area contributed by atoms with Gasteiger partial charge in [0.15, 0.2) is 0 Å². The largest absolute Gasteiger partial charge is 0.279 e. The maximum absolute atomic E-state index is 11.9. The van der Waals surface area contributed by atoms with Gasteiger partial charge in [-0.3, -0.25) is 14.5 Å². The molecule has 124 valence electrons. The summed E-state index contributed by atoms with van der Waals surface area (Å²) in [6.07, 6.45) is 0. The quantitative estimate of drug-likeness (QED) is 0.755. The van der Waals surface area contributed by atoms with E-state index in [0.717, 1.165) is 5.56 Å². The van der Waals surface area contributed by atoms with Crippen LogP contribution in [0.25, 0.3) is 0 Å². The van der Waals surface area contributed by atoms with Crippen molar-refractivity contribution in [3.63, 3.8) is 0 Å². The van der Waals surface area contributed by atoms with Gasteiger partial charge < -0.3 is 0 Å². The van der Waals surface area contributed by atoms with E-state index in [1.54, 1.807) is 19.2 Å². The molecule has 0 atom stereocenters. The second kappa shape index (κ2) is 7.69. The number of nitrogens with zero attached hydrogens (tertiary/aromatic N) is 3. The molecule has 0 saturated heterocycles. The Bertz CT molecular complexity index is 480. The van der Waals surface area contributed by atoms with Crippen LogP contribution in [0.15, 0.2) is 24.3 Å². The monoisotopic (exact) mass is 309 g/mol. The fraction of sp³-hybridized carbons (Fsp3) is 0.562. The van der Waals surface area contributed by atoms with Gasteiger partial charge >= 0.3 is 0 Å². The topological polar surface area (TPSA) is 45.2 Å². The van der Waals surface area contributed by atoms with Crippen molar-refractivity contribution >= 4 is 5.91 Å². The van der Waals surface area contributed by atoms with Crippen LogP contribution in [-0.4, -0.2) is 54.9 Å². The van der Waals surface area contributed by atoms with Gasteiger partial charge in [-0.25, -0.2) is 10.1 Å². The van der Waals surface area contributed by atoms with Crippen molar-refractivity contribution in [1.29, 1.82) is 0 Å². The fourth-order valence-corrected chi connectivity index (χ4v) is 2.05. The first kappa shape index (κ1) is 18.6. The molecule has 0 aliphatic heterocycles. The molecule has 6 heteroatoms. The highest BCUT2D eigenvalue weighted by atomic mass is 16.7. The predicted octanol–water partition coefficient (Wildman–Crippen LogP) is 2.33. The van der Waals surface area contributed by atoms with E-state index in [2.05, 4.69) is 20.8 Å². The number of hydrogen-bond donors (Lipinski definition) is 0. The minimum absolute atomic E-state index is 0.138. The minimum atomic E-state index is -0.181. The van der Waals surface area contributed by atoms with Gasteiger partial charge in [0, 0.05) is 26.7 Å². The number of amides is 1. The molecule has 0 spiro atoms. The molecule has 0 aliphatic carbocycles. The third kappa shape index (κ3) is 5.06. The summed E-state index contributed by atoms with van der Waals surface area (Å²) in [5, 5.41) is 4.93. The third-order valence-electron chi connectivity index (χ3n) is 3.05. The number of hydroxylamine groups is 3. The lowest BCUT2D eigenvalue weighted by molar-refractivity contribution is -0.319. The van der Waals surface area contributed by atoms with Crippen LogP contribution in [0, 0.1) is 0 Å². The van der Waals surface area contributed by atoms with E-state index >= 15 is 0 Å². The maximum Gasteiger partial charge on any atom is 0.277 e. The Balaban J connectivity index is 2.70. The molecule has 1 amide bonds. The highest BCUT2D eigenvalue weighted by Crippen LogP contribution is 2.17. The third-order valence-corrected chi connectivity index (χ3v) is 3.05. The summed E-state index contributed by atoms with van der Waals surface area (Å²) in [4.78, 5) is 22.7. The van der Waals surface area contributed by atoms with E-state index < -0.39 is 0 Å². The Hall–Kier alpha value is -1.47. The van der Waals surface area contributed by atoms with Crippen molar-refractivity contribution in [1.82, 2.24) is 15.2 Å². The van der Waals surface area contributed by atoms with Gasteiger partial charge in [-0.2, -0.15) is 0 Å². The van der Waals surface area contributed by atoms with Crippen molar-refractivity contribution in [3.8, 4) is 0 Å². The first-order chi connectivity index (χ1) is 10.2. The molecule has 6 nitrogen and oxygen atoms in total. The number of carbonyl (C=O) groups is 1. The molecule has 0 bridgehead atoms. The summed E-state index contributed by atoms with van der Waals surface area (Å²) in [5.74, 6) is -0.181. The molecular formula is C16H27N3O3. The number of hydrazine groups is 1. The van der Waals surface area contributed by atoms with Crippen LogP contribution in [0.2, 0.25) is 0 Å².